The Morgan fingerprint density at radius 3 is 2.27 bits per heavy atom. The molecule has 198 valence electrons. The third-order valence-corrected chi connectivity index (χ3v) is 7.85. The molecule has 0 saturated carbocycles. The van der Waals surface area contributed by atoms with Crippen molar-refractivity contribution < 1.29 is 5.11 Å². The van der Waals surface area contributed by atoms with Gasteiger partial charge in [-0.15, -0.1) is 0 Å². The Morgan fingerprint density at radius 1 is 0.825 bits per heavy atom. The van der Waals surface area contributed by atoms with Crippen molar-refractivity contribution in [3.8, 4) is 11.1 Å². The minimum Gasteiger partial charge on any atom is -0.374 e. The summed E-state index contributed by atoms with van der Waals surface area (Å²) in [5.41, 5.74) is 5.26. The van der Waals surface area contributed by atoms with Gasteiger partial charge in [0.2, 0.25) is 0 Å². The van der Waals surface area contributed by atoms with Crippen molar-refractivity contribution in [1.29, 1.82) is 0 Å². The van der Waals surface area contributed by atoms with Crippen LogP contribution in [0.15, 0.2) is 120 Å². The topological polar surface area (TPSA) is 60.0 Å². The van der Waals surface area contributed by atoms with Gasteiger partial charge in [0.1, 0.15) is 0 Å². The molecule has 40 heavy (non-hydrogen) atoms. The van der Waals surface area contributed by atoms with Gasteiger partial charge in [-0.1, -0.05) is 84.4 Å². The fourth-order valence-corrected chi connectivity index (χ4v) is 5.59. The molecule has 0 fully saturated rings. The van der Waals surface area contributed by atoms with Crippen LogP contribution in [-0.2, 0) is 26.1 Å². The molecule has 5 nitrogen and oxygen atoms in total. The van der Waals surface area contributed by atoms with Crippen molar-refractivity contribution >= 4 is 22.5 Å². The van der Waals surface area contributed by atoms with E-state index in [4.69, 9.17) is 11.6 Å². The molecule has 6 aromatic rings. The summed E-state index contributed by atoms with van der Waals surface area (Å²) in [6.45, 7) is 0. The van der Waals surface area contributed by atoms with Crippen molar-refractivity contribution in [3.63, 3.8) is 0 Å². The lowest BCUT2D eigenvalue weighted by Crippen LogP contribution is -2.31. The number of hydrogen-bond donors (Lipinski definition) is 1. The molecule has 0 aliphatic heterocycles. The lowest BCUT2D eigenvalue weighted by Gasteiger charge is -2.30. The molecule has 6 heteroatoms. The van der Waals surface area contributed by atoms with E-state index in [9.17, 15) is 9.90 Å². The molecule has 4 aromatic carbocycles. The van der Waals surface area contributed by atoms with Crippen molar-refractivity contribution in [2.75, 3.05) is 0 Å². The first-order chi connectivity index (χ1) is 19.3. The predicted molar refractivity (Wildman–Crippen MR) is 161 cm³/mol. The van der Waals surface area contributed by atoms with Gasteiger partial charge in [0.15, 0.2) is 5.60 Å². The fraction of sp³-hybridized carbons (Fsp3) is 0.118. The van der Waals surface area contributed by atoms with Gasteiger partial charge in [0.05, 0.1) is 23.7 Å². The Hall–Kier alpha value is -4.45. The predicted octanol–water partition coefficient (Wildman–Crippen LogP) is 6.47. The SMILES string of the molecule is Cn1cncc1C(O)(c1ccc(Cl)cc1)c1ccc2c(c1)c(-c1cccc(Cc3ccccc3)c1)cc(=O)n2C. The van der Waals surface area contributed by atoms with Gasteiger partial charge in [0, 0.05) is 30.6 Å². The third kappa shape index (κ3) is 4.53. The highest BCUT2D eigenvalue weighted by molar-refractivity contribution is 6.30. The lowest BCUT2D eigenvalue weighted by molar-refractivity contribution is 0.117. The number of benzene rings is 4. The molecule has 1 N–H and O–H groups in total. The van der Waals surface area contributed by atoms with E-state index in [1.54, 1.807) is 42.3 Å². The number of nitrogens with zero attached hydrogens (tertiary/aromatic N) is 3. The second-order valence-electron chi connectivity index (χ2n) is 10.2. The molecule has 0 aliphatic carbocycles. The second-order valence-corrected chi connectivity index (χ2v) is 10.6. The fourth-order valence-electron chi connectivity index (χ4n) is 5.46. The zero-order valence-corrected chi connectivity index (χ0v) is 23.0. The normalized spacial score (nSPS) is 12.9. The van der Waals surface area contributed by atoms with E-state index in [0.29, 0.717) is 21.8 Å². The van der Waals surface area contributed by atoms with E-state index in [0.717, 1.165) is 34.0 Å². The maximum Gasteiger partial charge on any atom is 0.251 e. The van der Waals surface area contributed by atoms with Crippen LogP contribution >= 0.6 is 11.6 Å². The monoisotopic (exact) mass is 545 g/mol. The van der Waals surface area contributed by atoms with Crippen LogP contribution in [0.2, 0.25) is 5.02 Å². The standard InChI is InChI=1S/C34H28ClN3O2/c1-37-22-36-21-32(37)34(40,26-11-14-28(35)15-12-26)27-13-16-31-30(19-27)29(20-33(39)38(31)2)25-10-6-9-24(18-25)17-23-7-4-3-5-8-23/h3-16,18-22,40H,17H2,1-2H3. The molecule has 0 radical (unpaired) electrons. The minimum absolute atomic E-state index is 0.0942. The van der Waals surface area contributed by atoms with Gasteiger partial charge in [-0.05, 0) is 64.1 Å². The van der Waals surface area contributed by atoms with Gasteiger partial charge in [-0.3, -0.25) is 4.79 Å². The number of rotatable bonds is 6. The van der Waals surface area contributed by atoms with Gasteiger partial charge < -0.3 is 14.2 Å². The highest BCUT2D eigenvalue weighted by Gasteiger charge is 2.37. The highest BCUT2D eigenvalue weighted by atomic mass is 35.5. The van der Waals surface area contributed by atoms with Crippen LogP contribution in [0.25, 0.3) is 22.0 Å². The maximum absolute atomic E-state index is 13.1. The van der Waals surface area contributed by atoms with Gasteiger partial charge in [-0.2, -0.15) is 0 Å². The molecular weight excluding hydrogens is 518 g/mol. The molecule has 0 amide bonds. The van der Waals surface area contributed by atoms with Gasteiger partial charge >= 0.3 is 0 Å². The number of imidazole rings is 1. The summed E-state index contributed by atoms with van der Waals surface area (Å²) < 4.78 is 3.45. The van der Waals surface area contributed by atoms with Crippen molar-refractivity contribution in [3.05, 3.63) is 159 Å². The molecule has 2 aromatic heterocycles. The largest absolute Gasteiger partial charge is 0.374 e. The van der Waals surface area contributed by atoms with Gasteiger partial charge in [-0.25, -0.2) is 4.98 Å². The molecule has 1 unspecified atom stereocenters. The van der Waals surface area contributed by atoms with E-state index in [2.05, 4.69) is 29.2 Å². The van der Waals surface area contributed by atoms with E-state index < -0.39 is 5.60 Å². The molecule has 0 saturated heterocycles. The number of fused-ring (bicyclic) bond motifs is 1. The summed E-state index contributed by atoms with van der Waals surface area (Å²) in [6.07, 6.45) is 4.14. The molecule has 0 bridgehead atoms. The minimum atomic E-state index is -1.51. The molecule has 1 atom stereocenters. The summed E-state index contributed by atoms with van der Waals surface area (Å²) in [4.78, 5) is 17.3. The first-order valence-corrected chi connectivity index (χ1v) is 13.4. The Labute approximate surface area is 237 Å². The van der Waals surface area contributed by atoms with Gasteiger partial charge in [0.25, 0.3) is 5.56 Å². The molecular formula is C34H28ClN3O2. The zero-order chi connectivity index (χ0) is 27.9. The van der Waals surface area contributed by atoms with E-state index >= 15 is 0 Å². The average molecular weight is 546 g/mol. The third-order valence-electron chi connectivity index (χ3n) is 7.60. The van der Waals surface area contributed by atoms with Crippen LogP contribution in [0.5, 0.6) is 0 Å². The Kier molecular flexibility index (Phi) is 6.62. The number of halogens is 1. The summed E-state index contributed by atoms with van der Waals surface area (Å²) in [5, 5.41) is 13.9. The van der Waals surface area contributed by atoms with Crippen LogP contribution in [0.4, 0.5) is 0 Å². The smallest absolute Gasteiger partial charge is 0.251 e. The number of aliphatic hydroxyl groups is 1. The first-order valence-electron chi connectivity index (χ1n) is 13.1. The second kappa shape index (κ2) is 10.3. The number of aryl methyl sites for hydroxylation is 2. The van der Waals surface area contributed by atoms with Crippen molar-refractivity contribution in [1.82, 2.24) is 14.1 Å². The summed E-state index contributed by atoms with van der Waals surface area (Å²) >= 11 is 6.20. The Morgan fingerprint density at radius 2 is 1.55 bits per heavy atom. The quantitative estimate of drug-likeness (QED) is 0.261. The number of hydrogen-bond acceptors (Lipinski definition) is 3. The molecule has 0 spiro atoms. The Bertz CT molecular complexity index is 1890. The van der Waals surface area contributed by atoms with Crippen molar-refractivity contribution in [2.45, 2.75) is 12.0 Å². The summed E-state index contributed by atoms with van der Waals surface area (Å²) in [7, 11) is 3.63. The van der Waals surface area contributed by atoms with E-state index in [1.807, 2.05) is 72.3 Å². The summed E-state index contributed by atoms with van der Waals surface area (Å²) in [6, 6.07) is 33.3. The maximum atomic E-state index is 13.1. The van der Waals surface area contributed by atoms with E-state index in [-0.39, 0.29) is 5.56 Å². The van der Waals surface area contributed by atoms with Crippen LogP contribution in [0.1, 0.15) is 27.9 Å². The number of pyridine rings is 1. The van der Waals surface area contributed by atoms with Crippen LogP contribution in [-0.4, -0.2) is 19.2 Å². The zero-order valence-electron chi connectivity index (χ0n) is 22.3. The molecule has 6 rings (SSSR count). The van der Waals surface area contributed by atoms with Crippen LogP contribution in [0, 0.1) is 0 Å². The van der Waals surface area contributed by atoms with Crippen molar-refractivity contribution in [2.24, 2.45) is 14.1 Å². The first kappa shape index (κ1) is 25.8. The van der Waals surface area contributed by atoms with Crippen LogP contribution in [0.3, 0.4) is 0 Å². The van der Waals surface area contributed by atoms with E-state index in [1.165, 1.54) is 5.56 Å². The molecule has 2 heterocycles. The summed E-state index contributed by atoms with van der Waals surface area (Å²) in [5.74, 6) is 0. The Balaban J connectivity index is 1.56. The van der Waals surface area contributed by atoms with Crippen LogP contribution < -0.4 is 5.56 Å². The number of aromatic nitrogens is 3. The lowest BCUT2D eigenvalue weighted by atomic mass is 9.82. The average Bonchev–Trinajstić information content (AvgIpc) is 3.41. The molecule has 0 aliphatic rings. The highest BCUT2D eigenvalue weighted by Crippen LogP contribution is 2.39.